The van der Waals surface area contributed by atoms with Crippen molar-refractivity contribution in [3.05, 3.63) is 45.9 Å². The van der Waals surface area contributed by atoms with Gasteiger partial charge in [-0.2, -0.15) is 0 Å². The lowest BCUT2D eigenvalue weighted by atomic mass is 10.0. The number of fused-ring (bicyclic) bond motifs is 1. The van der Waals surface area contributed by atoms with Crippen LogP contribution in [-0.2, 0) is 0 Å². The lowest BCUT2D eigenvalue weighted by molar-refractivity contribution is 0.285. The second kappa shape index (κ2) is 8.54. The first-order valence-corrected chi connectivity index (χ1v) is 10.2. The molecule has 2 heterocycles. The Bertz CT molecular complexity index is 1090. The standard InChI is InChI=1S/C24H34N4O/c1-8-27(11-9-10-12-29)23-21-18(5)19(6)28(24(21)26-20(7)25-23)22-16(3)13-15(2)14-17(22)4/h13-14,29H,8-12H2,1-7H3/i9T,10T. The minimum atomic E-state index is -0.835. The van der Waals surface area contributed by atoms with E-state index in [0.29, 0.717) is 18.9 Å². The van der Waals surface area contributed by atoms with Crippen LogP contribution in [0, 0.1) is 41.5 Å². The number of hydrogen-bond donors (Lipinski definition) is 1. The van der Waals surface area contributed by atoms with E-state index >= 15 is 0 Å². The van der Waals surface area contributed by atoms with Gasteiger partial charge in [-0.1, -0.05) is 17.7 Å². The molecule has 5 heteroatoms. The summed E-state index contributed by atoms with van der Waals surface area (Å²) in [6.07, 6.45) is -1.56. The van der Waals surface area contributed by atoms with E-state index < -0.39 is 12.8 Å². The zero-order valence-electron chi connectivity index (χ0n) is 20.7. The molecule has 3 rings (SSSR count). The van der Waals surface area contributed by atoms with E-state index in [9.17, 15) is 5.11 Å². The number of aromatic nitrogens is 3. The fourth-order valence-corrected chi connectivity index (χ4v) is 4.22. The van der Waals surface area contributed by atoms with Crippen molar-refractivity contribution in [2.45, 2.75) is 61.3 Å². The van der Waals surface area contributed by atoms with Gasteiger partial charge in [0.1, 0.15) is 11.6 Å². The van der Waals surface area contributed by atoms with Gasteiger partial charge >= 0.3 is 0 Å². The molecule has 3 aromatic rings. The Morgan fingerprint density at radius 3 is 2.28 bits per heavy atom. The first-order chi connectivity index (χ1) is 14.6. The lowest BCUT2D eigenvalue weighted by Crippen LogP contribution is -2.26. The maximum absolute atomic E-state index is 9.30. The molecule has 0 aliphatic rings. The summed E-state index contributed by atoms with van der Waals surface area (Å²) in [5.74, 6) is 1.47. The van der Waals surface area contributed by atoms with E-state index in [4.69, 9.17) is 12.7 Å². The number of aryl methyl sites for hydroxylation is 5. The predicted molar refractivity (Wildman–Crippen MR) is 121 cm³/mol. The molecule has 0 fully saturated rings. The first-order valence-electron chi connectivity index (χ1n) is 11.4. The van der Waals surface area contributed by atoms with Crippen LogP contribution in [0.25, 0.3) is 16.7 Å². The van der Waals surface area contributed by atoms with Crippen LogP contribution in [0.1, 0.15) is 56.2 Å². The second-order valence-corrected chi connectivity index (χ2v) is 7.78. The molecule has 156 valence electrons. The van der Waals surface area contributed by atoms with Crippen LogP contribution in [0.5, 0.6) is 0 Å². The molecule has 0 aliphatic carbocycles. The summed E-state index contributed by atoms with van der Waals surface area (Å²) in [4.78, 5) is 11.7. The molecule has 0 amide bonds. The Morgan fingerprint density at radius 1 is 1.03 bits per heavy atom. The maximum Gasteiger partial charge on any atom is 0.150 e. The number of aliphatic hydroxyl groups is 1. The SMILES string of the molecule is [3H]C(CO)C([3H])CN(CC)c1nc(C)nc2c1c(C)c(C)n2-c1c(C)cc(C)cc1C. The third-order valence-corrected chi connectivity index (χ3v) is 5.59. The summed E-state index contributed by atoms with van der Waals surface area (Å²) in [7, 11) is 0. The number of hydrogen-bond acceptors (Lipinski definition) is 4. The highest BCUT2D eigenvalue weighted by Crippen LogP contribution is 2.35. The fraction of sp³-hybridized carbons (Fsp3) is 0.500. The third kappa shape index (κ3) is 3.88. The van der Waals surface area contributed by atoms with Crippen LogP contribution in [0.4, 0.5) is 5.82 Å². The van der Waals surface area contributed by atoms with Crippen molar-refractivity contribution >= 4 is 16.9 Å². The van der Waals surface area contributed by atoms with Gasteiger partial charge in [0, 0.05) is 28.1 Å². The molecular formula is C24H34N4O. The molecule has 0 spiro atoms. The van der Waals surface area contributed by atoms with E-state index in [2.05, 4.69) is 51.3 Å². The second-order valence-electron chi connectivity index (χ2n) is 7.78. The predicted octanol–water partition coefficient (Wildman–Crippen LogP) is 4.87. The highest BCUT2D eigenvalue weighted by molar-refractivity contribution is 5.94. The zero-order chi connectivity index (χ0) is 23.0. The van der Waals surface area contributed by atoms with Crippen LogP contribution >= 0.6 is 0 Å². The summed E-state index contributed by atoms with van der Waals surface area (Å²) < 4.78 is 18.5. The van der Waals surface area contributed by atoms with Crippen molar-refractivity contribution < 1.29 is 7.85 Å². The molecule has 1 N–H and O–H groups in total. The molecule has 0 bridgehead atoms. The summed E-state index contributed by atoms with van der Waals surface area (Å²) in [6.45, 7) is 15.2. The van der Waals surface area contributed by atoms with Gasteiger partial charge in [0.15, 0.2) is 5.65 Å². The van der Waals surface area contributed by atoms with Crippen molar-refractivity contribution in [2.24, 2.45) is 0 Å². The monoisotopic (exact) mass is 398 g/mol. The van der Waals surface area contributed by atoms with Gasteiger partial charge in [0.2, 0.25) is 0 Å². The van der Waals surface area contributed by atoms with E-state index in [0.717, 1.165) is 33.8 Å². The summed E-state index contributed by atoms with van der Waals surface area (Å²) in [5.41, 5.74) is 7.91. The minimum Gasteiger partial charge on any atom is -0.396 e. The van der Waals surface area contributed by atoms with Crippen LogP contribution in [0.15, 0.2) is 12.1 Å². The van der Waals surface area contributed by atoms with Crippen LogP contribution in [0.2, 0.25) is 0 Å². The normalized spacial score (nSPS) is 14.6. The molecule has 2 atom stereocenters. The Morgan fingerprint density at radius 2 is 1.69 bits per heavy atom. The maximum atomic E-state index is 9.30. The first kappa shape index (κ1) is 18.6. The van der Waals surface area contributed by atoms with Crippen LogP contribution < -0.4 is 4.90 Å². The average Bonchev–Trinajstić information content (AvgIpc) is 2.94. The largest absolute Gasteiger partial charge is 0.396 e. The van der Waals surface area contributed by atoms with Gasteiger partial charge in [0.05, 0.1) is 11.1 Å². The molecule has 2 unspecified atom stereocenters. The minimum absolute atomic E-state index is 0.315. The van der Waals surface area contributed by atoms with E-state index in [1.165, 1.54) is 16.7 Å². The van der Waals surface area contributed by atoms with Gasteiger partial charge in [-0.15, -0.1) is 0 Å². The number of anilines is 1. The molecule has 0 saturated carbocycles. The van der Waals surface area contributed by atoms with E-state index in [1.54, 1.807) is 0 Å². The van der Waals surface area contributed by atoms with Gasteiger partial charge in [-0.25, -0.2) is 9.97 Å². The number of nitrogens with zero attached hydrogens (tertiary/aromatic N) is 4. The molecule has 0 saturated heterocycles. The van der Waals surface area contributed by atoms with Crippen molar-refractivity contribution in [3.8, 4) is 5.69 Å². The summed E-state index contributed by atoms with van der Waals surface area (Å²) >= 11 is 0. The van der Waals surface area contributed by atoms with Crippen molar-refractivity contribution in [3.63, 3.8) is 0 Å². The van der Waals surface area contributed by atoms with Crippen molar-refractivity contribution in [2.75, 3.05) is 24.6 Å². The Balaban J connectivity index is 2.27. The van der Waals surface area contributed by atoms with Gasteiger partial charge in [-0.05, 0) is 78.0 Å². The molecule has 1 aromatic carbocycles. The lowest BCUT2D eigenvalue weighted by Gasteiger charge is -2.23. The van der Waals surface area contributed by atoms with Crippen molar-refractivity contribution in [1.29, 1.82) is 0 Å². The Hall–Kier alpha value is -2.40. The topological polar surface area (TPSA) is 54.2 Å². The van der Waals surface area contributed by atoms with Crippen molar-refractivity contribution in [1.82, 2.24) is 14.5 Å². The number of benzene rings is 1. The Kier molecular flexibility index (Phi) is 5.48. The highest BCUT2D eigenvalue weighted by Gasteiger charge is 2.22. The quantitative estimate of drug-likeness (QED) is 0.617. The fourth-order valence-electron chi connectivity index (χ4n) is 4.22. The summed E-state index contributed by atoms with van der Waals surface area (Å²) in [5, 5.41) is 10.3. The highest BCUT2D eigenvalue weighted by atomic mass is 16.2. The average molecular weight is 399 g/mol. The third-order valence-electron chi connectivity index (χ3n) is 5.59. The molecule has 0 aliphatic heterocycles. The number of rotatable bonds is 7. The van der Waals surface area contributed by atoms with E-state index in [1.807, 2.05) is 18.7 Å². The smallest absolute Gasteiger partial charge is 0.150 e. The summed E-state index contributed by atoms with van der Waals surface area (Å²) in [6, 6.07) is 4.40. The van der Waals surface area contributed by atoms with Gasteiger partial charge < -0.3 is 10.0 Å². The number of aliphatic hydroxyl groups excluding tert-OH is 1. The zero-order valence-corrected chi connectivity index (χ0v) is 18.7. The van der Waals surface area contributed by atoms with Gasteiger partial charge in [0.25, 0.3) is 0 Å². The van der Waals surface area contributed by atoms with Crippen LogP contribution in [0.3, 0.4) is 0 Å². The molecule has 2 aromatic heterocycles. The van der Waals surface area contributed by atoms with Gasteiger partial charge in [-0.3, -0.25) is 4.57 Å². The molecule has 5 nitrogen and oxygen atoms in total. The van der Waals surface area contributed by atoms with Crippen LogP contribution in [-0.4, -0.2) is 39.3 Å². The molecular weight excluding hydrogens is 360 g/mol. The Labute approximate surface area is 177 Å². The molecule has 0 radical (unpaired) electrons. The van der Waals surface area contributed by atoms with E-state index in [-0.39, 0.29) is 6.61 Å². The molecule has 29 heavy (non-hydrogen) atoms.